The Morgan fingerprint density at radius 2 is 1.76 bits per heavy atom. The van der Waals surface area contributed by atoms with Crippen LogP contribution in [0.3, 0.4) is 0 Å². The highest BCUT2D eigenvalue weighted by molar-refractivity contribution is 6.55. The zero-order chi connectivity index (χ0) is 18.1. The Bertz CT molecular complexity index is 620. The van der Waals surface area contributed by atoms with E-state index in [4.69, 9.17) is 15.0 Å². The van der Waals surface area contributed by atoms with E-state index in [1.54, 1.807) is 0 Å². The first kappa shape index (κ1) is 18.5. The fourth-order valence-electron chi connectivity index (χ4n) is 3.40. The van der Waals surface area contributed by atoms with Crippen molar-refractivity contribution in [1.29, 1.82) is 0 Å². The molecule has 25 heavy (non-hydrogen) atoms. The molecule has 2 aliphatic heterocycles. The van der Waals surface area contributed by atoms with Gasteiger partial charge < -0.3 is 19.9 Å². The van der Waals surface area contributed by atoms with E-state index < -0.39 is 0 Å². The normalized spacial score (nSPS) is 23.2. The largest absolute Gasteiger partial charge is 0.491 e. The summed E-state index contributed by atoms with van der Waals surface area (Å²) in [6, 6.07) is 8.67. The molecule has 1 aromatic carbocycles. The summed E-state index contributed by atoms with van der Waals surface area (Å²) >= 11 is 0. The molecule has 0 saturated carbocycles. The van der Waals surface area contributed by atoms with Crippen molar-refractivity contribution in [2.24, 2.45) is 5.73 Å². The van der Waals surface area contributed by atoms with Crippen LogP contribution in [-0.4, -0.2) is 38.0 Å². The zero-order valence-electron chi connectivity index (χ0n) is 16.0. The molecule has 5 heteroatoms. The predicted octanol–water partition coefficient (Wildman–Crippen LogP) is 3.65. The summed E-state index contributed by atoms with van der Waals surface area (Å²) in [5, 5.41) is 0. The minimum atomic E-state index is -0.381. The lowest BCUT2D eigenvalue weighted by molar-refractivity contribution is 0.00578. The molecule has 0 atom stereocenters. The maximum Gasteiger partial charge on any atom is 0.491 e. The molecule has 0 aromatic heterocycles. The van der Waals surface area contributed by atoms with Gasteiger partial charge >= 0.3 is 7.12 Å². The molecule has 0 amide bonds. The molecule has 136 valence electrons. The molecule has 2 aliphatic rings. The van der Waals surface area contributed by atoms with E-state index in [0.29, 0.717) is 6.54 Å². The Morgan fingerprint density at radius 1 is 1.12 bits per heavy atom. The van der Waals surface area contributed by atoms with Gasteiger partial charge in [-0.25, -0.2) is 0 Å². The van der Waals surface area contributed by atoms with Crippen LogP contribution in [-0.2, 0) is 9.31 Å². The molecular formula is C20H31BN2O2. The van der Waals surface area contributed by atoms with Crippen LogP contribution in [0.15, 0.2) is 29.7 Å². The lowest BCUT2D eigenvalue weighted by Gasteiger charge is -2.32. The van der Waals surface area contributed by atoms with Crippen LogP contribution in [0.4, 0.5) is 5.69 Å². The second-order valence-electron chi connectivity index (χ2n) is 8.15. The Morgan fingerprint density at radius 3 is 2.36 bits per heavy atom. The summed E-state index contributed by atoms with van der Waals surface area (Å²) in [7, 11) is -0.381. The van der Waals surface area contributed by atoms with Gasteiger partial charge in [-0.2, -0.15) is 0 Å². The molecule has 2 fully saturated rings. The van der Waals surface area contributed by atoms with Gasteiger partial charge in [-0.15, -0.1) is 0 Å². The van der Waals surface area contributed by atoms with Gasteiger partial charge in [0, 0.05) is 25.3 Å². The minimum absolute atomic E-state index is 0.346. The van der Waals surface area contributed by atoms with Crippen molar-refractivity contribution >= 4 is 18.9 Å². The first-order chi connectivity index (χ1) is 11.8. The zero-order valence-corrected chi connectivity index (χ0v) is 16.0. The second-order valence-corrected chi connectivity index (χ2v) is 8.15. The summed E-state index contributed by atoms with van der Waals surface area (Å²) in [6.45, 7) is 11.0. The van der Waals surface area contributed by atoms with E-state index in [0.717, 1.165) is 24.1 Å². The fraction of sp³-hybridized carbons (Fsp3) is 0.600. The standard InChI is InChI=1S/C20H31BN2O2/c1-19(2)20(3,4)25-21(24-19)17(15-22)13-16-9-8-10-18(14-16)23-11-6-5-7-12-23/h8-10,13-14H,5-7,11-12,15,22H2,1-4H3. The summed E-state index contributed by atoms with van der Waals surface area (Å²) < 4.78 is 12.3. The molecule has 0 unspecified atom stereocenters. The number of nitrogens with two attached hydrogens (primary N) is 1. The number of hydrogen-bond acceptors (Lipinski definition) is 4. The number of anilines is 1. The molecule has 0 bridgehead atoms. The fourth-order valence-corrected chi connectivity index (χ4v) is 3.40. The van der Waals surface area contributed by atoms with Crippen LogP contribution in [0.5, 0.6) is 0 Å². The van der Waals surface area contributed by atoms with Gasteiger partial charge in [-0.3, -0.25) is 0 Å². The van der Waals surface area contributed by atoms with Crippen LogP contribution in [0.1, 0.15) is 52.5 Å². The lowest BCUT2D eigenvalue weighted by atomic mass is 9.77. The van der Waals surface area contributed by atoms with Crippen LogP contribution < -0.4 is 10.6 Å². The monoisotopic (exact) mass is 342 g/mol. The third-order valence-corrected chi connectivity index (χ3v) is 5.74. The van der Waals surface area contributed by atoms with Gasteiger partial charge in [-0.1, -0.05) is 18.2 Å². The average Bonchev–Trinajstić information content (AvgIpc) is 2.81. The predicted molar refractivity (Wildman–Crippen MR) is 106 cm³/mol. The first-order valence-corrected chi connectivity index (χ1v) is 9.43. The van der Waals surface area contributed by atoms with Crippen molar-refractivity contribution in [3.8, 4) is 0 Å². The third kappa shape index (κ3) is 3.94. The van der Waals surface area contributed by atoms with E-state index in [2.05, 4.69) is 62.9 Å². The van der Waals surface area contributed by atoms with Crippen LogP contribution in [0, 0.1) is 0 Å². The number of piperidine rings is 1. The highest BCUT2D eigenvalue weighted by Crippen LogP contribution is 2.38. The molecule has 4 nitrogen and oxygen atoms in total. The summed E-state index contributed by atoms with van der Waals surface area (Å²) in [6.07, 6.45) is 6.02. The Hall–Kier alpha value is -1.30. The van der Waals surface area contributed by atoms with E-state index in [1.165, 1.54) is 24.9 Å². The van der Waals surface area contributed by atoms with E-state index in [-0.39, 0.29) is 18.3 Å². The topological polar surface area (TPSA) is 47.7 Å². The number of nitrogens with zero attached hydrogens (tertiary/aromatic N) is 1. The molecule has 0 radical (unpaired) electrons. The smallest absolute Gasteiger partial charge is 0.400 e. The minimum Gasteiger partial charge on any atom is -0.400 e. The van der Waals surface area contributed by atoms with Gasteiger partial charge in [0.05, 0.1) is 11.2 Å². The van der Waals surface area contributed by atoms with Crippen LogP contribution in [0.2, 0.25) is 0 Å². The van der Waals surface area contributed by atoms with Gasteiger partial charge in [0.25, 0.3) is 0 Å². The Labute approximate surface area is 152 Å². The molecule has 1 aromatic rings. The average molecular weight is 342 g/mol. The van der Waals surface area contributed by atoms with E-state index in [9.17, 15) is 0 Å². The van der Waals surface area contributed by atoms with Crippen molar-refractivity contribution in [3.05, 3.63) is 35.3 Å². The second kappa shape index (κ2) is 7.14. The van der Waals surface area contributed by atoms with Crippen molar-refractivity contribution in [3.63, 3.8) is 0 Å². The SMILES string of the molecule is CC1(C)OB(C(=Cc2cccc(N3CCCCC3)c2)CN)OC1(C)C. The molecule has 2 saturated heterocycles. The molecular weight excluding hydrogens is 311 g/mol. The molecule has 2 N–H and O–H groups in total. The number of rotatable bonds is 4. The maximum absolute atomic E-state index is 6.15. The number of benzene rings is 1. The number of hydrogen-bond donors (Lipinski definition) is 1. The Kier molecular flexibility index (Phi) is 5.28. The van der Waals surface area contributed by atoms with Crippen molar-refractivity contribution in [2.75, 3.05) is 24.5 Å². The molecule has 3 rings (SSSR count). The van der Waals surface area contributed by atoms with Crippen LogP contribution >= 0.6 is 0 Å². The maximum atomic E-state index is 6.15. The lowest BCUT2D eigenvalue weighted by Crippen LogP contribution is -2.41. The van der Waals surface area contributed by atoms with Crippen molar-refractivity contribution in [1.82, 2.24) is 0 Å². The quantitative estimate of drug-likeness (QED) is 0.849. The van der Waals surface area contributed by atoms with Gasteiger partial charge in [0.15, 0.2) is 0 Å². The van der Waals surface area contributed by atoms with Gasteiger partial charge in [0.2, 0.25) is 0 Å². The van der Waals surface area contributed by atoms with Gasteiger partial charge in [0.1, 0.15) is 0 Å². The van der Waals surface area contributed by atoms with E-state index >= 15 is 0 Å². The molecule has 0 spiro atoms. The summed E-state index contributed by atoms with van der Waals surface area (Å²) in [5.41, 5.74) is 8.75. The highest BCUT2D eigenvalue weighted by Gasteiger charge is 2.52. The van der Waals surface area contributed by atoms with Crippen molar-refractivity contribution in [2.45, 2.75) is 58.2 Å². The van der Waals surface area contributed by atoms with E-state index in [1.807, 2.05) is 0 Å². The highest BCUT2D eigenvalue weighted by atomic mass is 16.7. The van der Waals surface area contributed by atoms with Crippen molar-refractivity contribution < 1.29 is 9.31 Å². The molecule has 2 heterocycles. The van der Waals surface area contributed by atoms with Gasteiger partial charge in [-0.05, 0) is 70.1 Å². The molecule has 0 aliphatic carbocycles. The first-order valence-electron chi connectivity index (χ1n) is 9.43. The third-order valence-electron chi connectivity index (χ3n) is 5.74. The summed E-state index contributed by atoms with van der Waals surface area (Å²) in [4.78, 5) is 2.47. The Balaban J connectivity index is 1.81. The van der Waals surface area contributed by atoms with Crippen LogP contribution in [0.25, 0.3) is 6.08 Å². The summed E-state index contributed by atoms with van der Waals surface area (Å²) in [5.74, 6) is 0.